The lowest BCUT2D eigenvalue weighted by Gasteiger charge is -2.12. The average molecular weight is 480 g/mol. The Hall–Kier alpha value is -3.82. The number of anilines is 2. The maximum Gasteiger partial charge on any atom is 0.281 e. The van der Waals surface area contributed by atoms with Crippen LogP contribution in [0.2, 0.25) is 5.02 Å². The van der Waals surface area contributed by atoms with Crippen LogP contribution in [0.15, 0.2) is 64.8 Å². The Morgan fingerprint density at radius 1 is 1.06 bits per heavy atom. The molecule has 0 bridgehead atoms. The van der Waals surface area contributed by atoms with E-state index in [0.717, 1.165) is 5.56 Å². The van der Waals surface area contributed by atoms with Crippen molar-refractivity contribution in [3.8, 4) is 16.9 Å². The molecule has 0 saturated heterocycles. The van der Waals surface area contributed by atoms with Crippen LogP contribution in [-0.4, -0.2) is 26.6 Å². The number of nitrogens with one attached hydrogen (secondary N) is 2. The van der Waals surface area contributed by atoms with Gasteiger partial charge in [0.2, 0.25) is 11.3 Å². The van der Waals surface area contributed by atoms with Gasteiger partial charge >= 0.3 is 0 Å². The van der Waals surface area contributed by atoms with Crippen LogP contribution in [0, 0.1) is 6.92 Å². The van der Waals surface area contributed by atoms with E-state index in [1.165, 1.54) is 29.0 Å². The molecule has 166 valence electrons. The number of benzene rings is 2. The van der Waals surface area contributed by atoms with Gasteiger partial charge in [0.25, 0.3) is 5.91 Å². The van der Waals surface area contributed by atoms with Gasteiger partial charge < -0.3 is 5.32 Å². The van der Waals surface area contributed by atoms with Gasteiger partial charge in [0, 0.05) is 35.3 Å². The lowest BCUT2D eigenvalue weighted by molar-refractivity contribution is -0.114. The van der Waals surface area contributed by atoms with Gasteiger partial charge in [-0.2, -0.15) is 5.10 Å². The molecule has 0 atom stereocenters. The molecule has 2 N–H and O–H groups in total. The molecule has 0 aliphatic rings. The standard InChI is InChI=1S/C23H18ClN5O3S/c1-13-11-20(31)21(28-29(13)19-6-4-3-5-17(19)24)22(32)27-23-26-18(12-33-23)15-7-9-16(10-8-15)25-14(2)30/h3-12H,1-2H3,(H,25,30)(H,26,27,32). The maximum atomic E-state index is 12.8. The van der Waals surface area contributed by atoms with Crippen molar-refractivity contribution >= 4 is 45.6 Å². The summed E-state index contributed by atoms with van der Waals surface area (Å²) < 4.78 is 1.46. The van der Waals surface area contributed by atoms with Gasteiger partial charge in [0.1, 0.15) is 0 Å². The Bertz CT molecular complexity index is 1410. The fourth-order valence-corrected chi connectivity index (χ4v) is 4.05. The lowest BCUT2D eigenvalue weighted by Crippen LogP contribution is -2.27. The summed E-state index contributed by atoms with van der Waals surface area (Å²) in [5.74, 6) is -0.817. The van der Waals surface area contributed by atoms with E-state index in [0.29, 0.717) is 32.9 Å². The highest BCUT2D eigenvalue weighted by Crippen LogP contribution is 2.26. The molecule has 0 aliphatic carbocycles. The first kappa shape index (κ1) is 22.4. The van der Waals surface area contributed by atoms with E-state index in [1.807, 2.05) is 12.1 Å². The topological polar surface area (TPSA) is 106 Å². The predicted molar refractivity (Wildman–Crippen MR) is 129 cm³/mol. The Morgan fingerprint density at radius 3 is 2.48 bits per heavy atom. The van der Waals surface area contributed by atoms with E-state index >= 15 is 0 Å². The molecule has 0 spiro atoms. The molecule has 4 aromatic rings. The number of rotatable bonds is 5. The van der Waals surface area contributed by atoms with Gasteiger partial charge in [-0.1, -0.05) is 35.9 Å². The normalized spacial score (nSPS) is 10.6. The number of thiazole rings is 1. The van der Waals surface area contributed by atoms with Crippen molar-refractivity contribution in [2.24, 2.45) is 0 Å². The summed E-state index contributed by atoms with van der Waals surface area (Å²) in [6, 6.07) is 15.5. The van der Waals surface area contributed by atoms with Crippen molar-refractivity contribution in [2.45, 2.75) is 13.8 Å². The molecule has 0 saturated carbocycles. The van der Waals surface area contributed by atoms with Crippen molar-refractivity contribution in [3.05, 3.63) is 86.6 Å². The SMILES string of the molecule is CC(=O)Nc1ccc(-c2csc(NC(=O)c3nn(-c4ccccc4Cl)c(C)cc3=O)n2)cc1. The number of aryl methyl sites for hydroxylation is 1. The number of para-hydroxylation sites is 1. The fraction of sp³-hybridized carbons (Fsp3) is 0.0870. The van der Waals surface area contributed by atoms with Gasteiger partial charge in [-0.3, -0.25) is 19.7 Å². The molecule has 10 heteroatoms. The molecule has 0 unspecified atom stereocenters. The second-order valence-corrected chi connectivity index (χ2v) is 8.38. The monoisotopic (exact) mass is 479 g/mol. The third kappa shape index (κ3) is 5.00. The van der Waals surface area contributed by atoms with Crippen LogP contribution in [0.4, 0.5) is 10.8 Å². The third-order valence-electron chi connectivity index (χ3n) is 4.63. The molecule has 0 aliphatic heterocycles. The second kappa shape index (κ2) is 9.35. The number of aromatic nitrogens is 3. The van der Waals surface area contributed by atoms with E-state index in [2.05, 4.69) is 20.7 Å². The van der Waals surface area contributed by atoms with Crippen molar-refractivity contribution in [1.29, 1.82) is 0 Å². The Labute approximate surface area is 197 Å². The molecule has 2 heterocycles. The van der Waals surface area contributed by atoms with Crippen molar-refractivity contribution < 1.29 is 9.59 Å². The summed E-state index contributed by atoms with van der Waals surface area (Å²) in [4.78, 5) is 40.8. The molecule has 8 nitrogen and oxygen atoms in total. The highest BCUT2D eigenvalue weighted by atomic mass is 35.5. The molecule has 2 amide bonds. The summed E-state index contributed by atoms with van der Waals surface area (Å²) in [6.07, 6.45) is 0. The number of amides is 2. The van der Waals surface area contributed by atoms with Crippen LogP contribution < -0.4 is 16.1 Å². The van der Waals surface area contributed by atoms with Crippen LogP contribution in [-0.2, 0) is 4.79 Å². The number of hydrogen-bond donors (Lipinski definition) is 2. The van der Waals surface area contributed by atoms with Crippen LogP contribution >= 0.6 is 22.9 Å². The number of nitrogens with zero attached hydrogens (tertiary/aromatic N) is 3. The summed E-state index contributed by atoms with van der Waals surface area (Å²) in [6.45, 7) is 3.15. The van der Waals surface area contributed by atoms with Gasteiger partial charge in [0.15, 0.2) is 10.8 Å². The maximum absolute atomic E-state index is 12.8. The first-order chi connectivity index (χ1) is 15.8. The highest BCUT2D eigenvalue weighted by Gasteiger charge is 2.18. The van der Waals surface area contributed by atoms with Gasteiger partial charge in [-0.15, -0.1) is 11.3 Å². The van der Waals surface area contributed by atoms with Gasteiger partial charge in [-0.25, -0.2) is 9.67 Å². The van der Waals surface area contributed by atoms with E-state index in [1.54, 1.807) is 48.7 Å². The Balaban J connectivity index is 1.57. The van der Waals surface area contributed by atoms with E-state index in [9.17, 15) is 14.4 Å². The van der Waals surface area contributed by atoms with Crippen LogP contribution in [0.5, 0.6) is 0 Å². The van der Waals surface area contributed by atoms with Crippen molar-refractivity contribution in [2.75, 3.05) is 10.6 Å². The Morgan fingerprint density at radius 2 is 1.79 bits per heavy atom. The van der Waals surface area contributed by atoms with Gasteiger partial charge in [-0.05, 0) is 31.2 Å². The minimum Gasteiger partial charge on any atom is -0.326 e. The first-order valence-corrected chi connectivity index (χ1v) is 11.1. The number of carbonyl (C=O) groups excluding carboxylic acids is 2. The average Bonchev–Trinajstić information content (AvgIpc) is 3.23. The lowest BCUT2D eigenvalue weighted by atomic mass is 10.1. The van der Waals surface area contributed by atoms with E-state index in [4.69, 9.17) is 11.6 Å². The van der Waals surface area contributed by atoms with Crippen LogP contribution in [0.1, 0.15) is 23.1 Å². The summed E-state index contributed by atoms with van der Waals surface area (Å²) >= 11 is 7.48. The summed E-state index contributed by atoms with van der Waals surface area (Å²) in [7, 11) is 0. The molecular weight excluding hydrogens is 462 g/mol. The van der Waals surface area contributed by atoms with Gasteiger partial charge in [0.05, 0.1) is 16.4 Å². The zero-order valence-electron chi connectivity index (χ0n) is 17.6. The minimum absolute atomic E-state index is 0.153. The first-order valence-electron chi connectivity index (χ1n) is 9.82. The molecule has 33 heavy (non-hydrogen) atoms. The second-order valence-electron chi connectivity index (χ2n) is 7.11. The van der Waals surface area contributed by atoms with E-state index < -0.39 is 11.3 Å². The molecular formula is C23H18ClN5O3S. The predicted octanol–water partition coefficient (Wildman–Crippen LogP) is 4.53. The molecule has 0 radical (unpaired) electrons. The third-order valence-corrected chi connectivity index (χ3v) is 5.71. The zero-order chi connectivity index (χ0) is 23.5. The van der Waals surface area contributed by atoms with Crippen molar-refractivity contribution in [3.63, 3.8) is 0 Å². The largest absolute Gasteiger partial charge is 0.326 e. The number of carbonyl (C=O) groups is 2. The van der Waals surface area contributed by atoms with Crippen LogP contribution in [0.3, 0.4) is 0 Å². The molecule has 2 aromatic carbocycles. The quantitative estimate of drug-likeness (QED) is 0.437. The fourth-order valence-electron chi connectivity index (χ4n) is 3.12. The Kier molecular flexibility index (Phi) is 6.34. The number of halogens is 1. The molecule has 0 fully saturated rings. The summed E-state index contributed by atoms with van der Waals surface area (Å²) in [5.41, 5.74) is 2.48. The zero-order valence-corrected chi connectivity index (χ0v) is 19.2. The minimum atomic E-state index is -0.664. The van der Waals surface area contributed by atoms with Crippen molar-refractivity contribution in [1.82, 2.24) is 14.8 Å². The number of hydrogen-bond acceptors (Lipinski definition) is 6. The molecule has 4 rings (SSSR count). The smallest absolute Gasteiger partial charge is 0.281 e. The van der Waals surface area contributed by atoms with E-state index in [-0.39, 0.29) is 11.6 Å². The van der Waals surface area contributed by atoms with Crippen LogP contribution in [0.25, 0.3) is 16.9 Å². The summed E-state index contributed by atoms with van der Waals surface area (Å²) in [5, 5.41) is 12.1. The highest BCUT2D eigenvalue weighted by molar-refractivity contribution is 7.14. The molecule has 2 aromatic heterocycles.